The number of Topliss-reactive ketones (excluding diaryl/α,β-unsaturated/α-hetero) is 1. The van der Waals surface area contributed by atoms with Gasteiger partial charge < -0.3 is 31.9 Å². The Bertz CT molecular complexity index is 1130. The zero-order valence-electron chi connectivity index (χ0n) is 18.6. The van der Waals surface area contributed by atoms with Crippen LogP contribution in [0.4, 0.5) is 5.69 Å². The Balaban J connectivity index is 1.57. The number of aliphatic imine (C=N–C) groups is 1. The van der Waals surface area contributed by atoms with Crippen LogP contribution in [0.1, 0.15) is 41.2 Å². The predicted octanol–water partition coefficient (Wildman–Crippen LogP) is 2.54. The molecule has 1 aliphatic rings. The van der Waals surface area contributed by atoms with Crippen LogP contribution in [0.5, 0.6) is 5.75 Å². The minimum atomic E-state index is -1.29. The lowest BCUT2D eigenvalue weighted by atomic mass is 9.99. The van der Waals surface area contributed by atoms with Crippen molar-refractivity contribution in [3.8, 4) is 5.75 Å². The molecule has 1 amide bonds. The van der Waals surface area contributed by atoms with Gasteiger partial charge in [0.1, 0.15) is 17.6 Å². The molecule has 1 unspecified atom stereocenters. The summed E-state index contributed by atoms with van der Waals surface area (Å²) >= 11 is 12.0. The number of nitrogens with one attached hydrogen (secondary N) is 2. The van der Waals surface area contributed by atoms with Crippen molar-refractivity contribution in [3.63, 3.8) is 0 Å². The molecular weight excluding hydrogens is 497 g/mol. The minimum absolute atomic E-state index is 0.00720. The number of carbonyl (C=O) groups excluding carboxylic acids is 2. The number of benzene rings is 2. The van der Waals surface area contributed by atoms with Gasteiger partial charge in [-0.1, -0.05) is 29.3 Å². The molecule has 3 rings (SSSR count). The fourth-order valence-electron chi connectivity index (χ4n) is 3.65. The average molecular weight is 522 g/mol. The number of halogens is 2. The molecule has 186 valence electrons. The summed E-state index contributed by atoms with van der Waals surface area (Å²) in [4.78, 5) is 40.7. The van der Waals surface area contributed by atoms with Gasteiger partial charge in [0.15, 0.2) is 5.96 Å². The van der Waals surface area contributed by atoms with Crippen LogP contribution in [0.25, 0.3) is 0 Å². The number of aliphatic carboxylic acids is 1. The van der Waals surface area contributed by atoms with E-state index >= 15 is 0 Å². The maximum Gasteiger partial charge on any atom is 0.326 e. The highest BCUT2D eigenvalue weighted by Crippen LogP contribution is 2.34. The number of carbonyl (C=O) groups is 3. The molecule has 0 saturated carbocycles. The Morgan fingerprint density at radius 3 is 2.54 bits per heavy atom. The molecule has 7 N–H and O–H groups in total. The van der Waals surface area contributed by atoms with E-state index in [1.807, 2.05) is 0 Å². The molecule has 0 fully saturated rings. The van der Waals surface area contributed by atoms with E-state index in [0.717, 1.165) is 5.56 Å². The van der Waals surface area contributed by atoms with E-state index < -0.39 is 17.9 Å². The second-order valence-electron chi connectivity index (χ2n) is 7.87. The molecule has 0 aromatic heterocycles. The van der Waals surface area contributed by atoms with E-state index in [0.29, 0.717) is 24.5 Å². The summed E-state index contributed by atoms with van der Waals surface area (Å²) in [5.41, 5.74) is 12.3. The zero-order chi connectivity index (χ0) is 25.5. The molecule has 0 spiro atoms. The fraction of sp³-hybridized carbons (Fsp3) is 0.304. The van der Waals surface area contributed by atoms with Crippen molar-refractivity contribution in [2.45, 2.75) is 31.3 Å². The quantitative estimate of drug-likeness (QED) is 0.234. The third kappa shape index (κ3) is 7.08. The van der Waals surface area contributed by atoms with Crippen LogP contribution in [0.3, 0.4) is 0 Å². The number of rotatable bonds is 10. The lowest BCUT2D eigenvalue weighted by Crippen LogP contribution is -2.41. The van der Waals surface area contributed by atoms with Crippen molar-refractivity contribution in [2.24, 2.45) is 16.5 Å². The topological polar surface area (TPSA) is 169 Å². The number of guanidine groups is 1. The van der Waals surface area contributed by atoms with E-state index in [9.17, 15) is 19.5 Å². The minimum Gasteiger partial charge on any atom is -0.493 e. The van der Waals surface area contributed by atoms with Crippen LogP contribution < -0.4 is 26.8 Å². The number of fused-ring (bicyclic) bond motifs is 1. The highest BCUT2D eigenvalue weighted by atomic mass is 35.5. The standard InChI is InChI=1S/C23H25Cl2N5O5/c24-15-2-1-3-16(25)20(15)21(32)30-18(22(33)34)6-5-13(31)11-28-17-8-9-35-19-7-4-12(10-14(17)19)29-23(26)27/h1-4,7,10,17-18,28H,5-6,8-9,11H2,(H,30,32)(H,33,34)(H4,26,27,29)/t17?,18-/m0/s1. The van der Waals surface area contributed by atoms with Gasteiger partial charge in [-0.25, -0.2) is 9.79 Å². The number of hydrogen-bond acceptors (Lipinski definition) is 6. The predicted molar refractivity (Wildman–Crippen MR) is 132 cm³/mol. The largest absolute Gasteiger partial charge is 0.493 e. The number of amides is 1. The van der Waals surface area contributed by atoms with Gasteiger partial charge in [0.2, 0.25) is 0 Å². The van der Waals surface area contributed by atoms with Crippen molar-refractivity contribution in [2.75, 3.05) is 13.2 Å². The molecule has 2 aromatic rings. The van der Waals surface area contributed by atoms with Crippen molar-refractivity contribution in [3.05, 3.63) is 57.6 Å². The summed E-state index contributed by atoms with van der Waals surface area (Å²) in [7, 11) is 0. The fourth-order valence-corrected chi connectivity index (χ4v) is 4.21. The first-order chi connectivity index (χ1) is 16.7. The summed E-state index contributed by atoms with van der Waals surface area (Å²) in [6.45, 7) is 0.478. The molecule has 0 radical (unpaired) electrons. The Morgan fingerprint density at radius 2 is 1.89 bits per heavy atom. The SMILES string of the molecule is NC(N)=Nc1ccc2c(c1)C(NCC(=O)CC[C@H](NC(=O)c1c(Cl)cccc1Cl)C(=O)O)CCO2. The second-order valence-corrected chi connectivity index (χ2v) is 8.68. The summed E-state index contributed by atoms with van der Waals surface area (Å²) in [6.07, 6.45) is 0.464. The molecule has 10 nitrogen and oxygen atoms in total. The van der Waals surface area contributed by atoms with Crippen LogP contribution in [0.2, 0.25) is 10.0 Å². The zero-order valence-corrected chi connectivity index (χ0v) is 20.1. The van der Waals surface area contributed by atoms with Crippen LogP contribution in [-0.4, -0.2) is 47.9 Å². The van der Waals surface area contributed by atoms with Gasteiger partial charge in [0.05, 0.1) is 34.4 Å². The number of carboxylic acid groups (broad SMARTS) is 1. The summed E-state index contributed by atoms with van der Waals surface area (Å²) in [6, 6.07) is 8.33. The lowest BCUT2D eigenvalue weighted by Gasteiger charge is -2.27. The number of carboxylic acids is 1. The third-order valence-corrected chi connectivity index (χ3v) is 5.97. The average Bonchev–Trinajstić information content (AvgIpc) is 2.79. The molecule has 2 atom stereocenters. The summed E-state index contributed by atoms with van der Waals surface area (Å²) < 4.78 is 5.66. The van der Waals surface area contributed by atoms with Gasteiger partial charge in [-0.2, -0.15) is 0 Å². The van der Waals surface area contributed by atoms with Gasteiger partial charge in [0, 0.05) is 24.4 Å². The summed E-state index contributed by atoms with van der Waals surface area (Å²) in [5, 5.41) is 15.3. The van der Waals surface area contributed by atoms with Crippen molar-refractivity contribution < 1.29 is 24.2 Å². The first-order valence-electron chi connectivity index (χ1n) is 10.7. The molecule has 0 aliphatic carbocycles. The number of nitrogens with two attached hydrogens (primary N) is 2. The summed E-state index contributed by atoms with van der Waals surface area (Å²) in [5.74, 6) is -1.61. The molecular formula is C23H25Cl2N5O5. The van der Waals surface area contributed by atoms with Crippen LogP contribution >= 0.6 is 23.2 Å². The van der Waals surface area contributed by atoms with E-state index in [-0.39, 0.29) is 52.8 Å². The third-order valence-electron chi connectivity index (χ3n) is 5.34. The first-order valence-corrected chi connectivity index (χ1v) is 11.5. The van der Waals surface area contributed by atoms with E-state index in [2.05, 4.69) is 15.6 Å². The van der Waals surface area contributed by atoms with Gasteiger partial charge in [-0.15, -0.1) is 0 Å². The van der Waals surface area contributed by atoms with Crippen molar-refractivity contribution >= 4 is 52.5 Å². The van der Waals surface area contributed by atoms with Gasteiger partial charge in [-0.05, 0) is 36.8 Å². The Kier molecular flexibility index (Phi) is 8.91. The smallest absolute Gasteiger partial charge is 0.326 e. The van der Waals surface area contributed by atoms with E-state index in [1.165, 1.54) is 12.1 Å². The molecule has 0 saturated heterocycles. The van der Waals surface area contributed by atoms with E-state index in [1.54, 1.807) is 24.3 Å². The van der Waals surface area contributed by atoms with E-state index in [4.69, 9.17) is 39.4 Å². The van der Waals surface area contributed by atoms with Crippen molar-refractivity contribution in [1.82, 2.24) is 10.6 Å². The van der Waals surface area contributed by atoms with Gasteiger partial charge in [0.25, 0.3) is 5.91 Å². The first kappa shape index (κ1) is 26.3. The molecule has 0 bridgehead atoms. The molecule has 2 aromatic carbocycles. The molecule has 1 aliphatic heterocycles. The molecule has 12 heteroatoms. The monoisotopic (exact) mass is 521 g/mol. The van der Waals surface area contributed by atoms with Gasteiger partial charge >= 0.3 is 5.97 Å². The second kappa shape index (κ2) is 11.9. The van der Waals surface area contributed by atoms with Crippen LogP contribution in [0, 0.1) is 0 Å². The number of ether oxygens (including phenoxy) is 1. The Morgan fingerprint density at radius 1 is 1.17 bits per heavy atom. The Labute approximate surface area is 211 Å². The van der Waals surface area contributed by atoms with Gasteiger partial charge in [-0.3, -0.25) is 9.59 Å². The number of hydrogen-bond donors (Lipinski definition) is 5. The maximum atomic E-state index is 12.5. The Hall–Kier alpha value is -3.34. The number of nitrogens with zero attached hydrogens (tertiary/aromatic N) is 1. The van der Waals surface area contributed by atoms with Crippen molar-refractivity contribution in [1.29, 1.82) is 0 Å². The maximum absolute atomic E-state index is 12.5. The highest BCUT2D eigenvalue weighted by Gasteiger charge is 2.25. The number of ketones is 1. The molecule has 35 heavy (non-hydrogen) atoms. The van der Waals surface area contributed by atoms with Crippen LogP contribution in [-0.2, 0) is 9.59 Å². The molecule has 1 heterocycles. The normalized spacial score (nSPS) is 15.3. The highest BCUT2D eigenvalue weighted by molar-refractivity contribution is 6.39. The lowest BCUT2D eigenvalue weighted by molar-refractivity contribution is -0.139. The van der Waals surface area contributed by atoms with Crippen LogP contribution in [0.15, 0.2) is 41.4 Å².